The van der Waals surface area contributed by atoms with Gasteiger partial charge in [-0.2, -0.15) is 0 Å². The van der Waals surface area contributed by atoms with Gasteiger partial charge in [-0.1, -0.05) is 30.3 Å². The van der Waals surface area contributed by atoms with Crippen LogP contribution in [-0.4, -0.2) is 62.4 Å². The highest BCUT2D eigenvalue weighted by atomic mass is 35.5. The molecule has 1 spiro atoms. The number of carbonyl (C=O) groups excluding carboxylic acids is 1. The summed E-state index contributed by atoms with van der Waals surface area (Å²) in [7, 11) is -3.35. The van der Waals surface area contributed by atoms with Gasteiger partial charge in [-0.05, 0) is 69.9 Å². The van der Waals surface area contributed by atoms with Crippen molar-refractivity contribution in [3.63, 3.8) is 0 Å². The molecular weight excluding hydrogens is 486 g/mol. The SMILES string of the molecule is CC1OC2(CCN(CCc3cccc(NS(=O)(=O)C(C)C)c3)CC2)CN(c2ccccc2)C1=O.Cl. The molecule has 1 amide bonds. The maximum atomic E-state index is 12.8. The summed E-state index contributed by atoms with van der Waals surface area (Å²) < 4.78 is 33.3. The van der Waals surface area contributed by atoms with Crippen LogP contribution >= 0.6 is 12.4 Å². The summed E-state index contributed by atoms with van der Waals surface area (Å²) in [5, 5.41) is -0.477. The van der Waals surface area contributed by atoms with Gasteiger partial charge in [-0.25, -0.2) is 8.42 Å². The van der Waals surface area contributed by atoms with E-state index in [1.54, 1.807) is 19.9 Å². The molecule has 2 aromatic rings. The molecule has 0 radical (unpaired) electrons. The van der Waals surface area contributed by atoms with E-state index in [1.807, 2.05) is 60.4 Å². The monoisotopic (exact) mass is 521 g/mol. The number of nitrogens with zero attached hydrogens (tertiary/aromatic N) is 2. The smallest absolute Gasteiger partial charge is 0.255 e. The van der Waals surface area contributed by atoms with Gasteiger partial charge >= 0.3 is 0 Å². The number of halogens is 1. The van der Waals surface area contributed by atoms with Crippen LogP contribution in [0.2, 0.25) is 0 Å². The summed E-state index contributed by atoms with van der Waals surface area (Å²) in [5.41, 5.74) is 2.33. The van der Waals surface area contributed by atoms with Crippen molar-refractivity contribution < 1.29 is 17.9 Å². The highest BCUT2D eigenvalue weighted by molar-refractivity contribution is 7.93. The van der Waals surface area contributed by atoms with Gasteiger partial charge in [0.1, 0.15) is 6.10 Å². The number of carbonyl (C=O) groups is 1. The number of para-hydroxylation sites is 1. The minimum atomic E-state index is -3.35. The van der Waals surface area contributed by atoms with Gasteiger partial charge in [-0.3, -0.25) is 9.52 Å². The molecule has 2 fully saturated rings. The van der Waals surface area contributed by atoms with Gasteiger partial charge in [-0.15, -0.1) is 12.4 Å². The number of hydrogen-bond donors (Lipinski definition) is 1. The Morgan fingerprint density at radius 3 is 2.43 bits per heavy atom. The lowest BCUT2D eigenvalue weighted by Crippen LogP contribution is -2.61. The molecule has 1 unspecified atom stereocenters. The van der Waals surface area contributed by atoms with Crippen LogP contribution in [0, 0.1) is 0 Å². The Morgan fingerprint density at radius 1 is 1.09 bits per heavy atom. The van der Waals surface area contributed by atoms with Crippen LogP contribution in [0.3, 0.4) is 0 Å². The van der Waals surface area contributed by atoms with Crippen molar-refractivity contribution in [1.82, 2.24) is 4.90 Å². The standard InChI is InChI=1S/C26H35N3O4S.ClH/c1-20(2)34(31,32)27-23-9-7-8-22(18-23)12-15-28-16-13-26(14-17-28)19-29(25(30)21(3)33-26)24-10-5-4-6-11-24;/h4-11,18,20-21,27H,12-17,19H2,1-3H3;1H. The van der Waals surface area contributed by atoms with Crippen LogP contribution in [0.1, 0.15) is 39.2 Å². The van der Waals surface area contributed by atoms with E-state index in [2.05, 4.69) is 9.62 Å². The number of piperidine rings is 1. The molecule has 2 aliphatic heterocycles. The van der Waals surface area contributed by atoms with Crippen molar-refractivity contribution in [2.24, 2.45) is 0 Å². The van der Waals surface area contributed by atoms with Crippen molar-refractivity contribution in [2.45, 2.75) is 57.0 Å². The second-order valence-corrected chi connectivity index (χ2v) is 11.9. The number of benzene rings is 2. The Morgan fingerprint density at radius 2 is 1.77 bits per heavy atom. The van der Waals surface area contributed by atoms with E-state index >= 15 is 0 Å². The Hall–Kier alpha value is -2.13. The van der Waals surface area contributed by atoms with Gasteiger partial charge in [0.15, 0.2) is 0 Å². The minimum Gasteiger partial charge on any atom is -0.360 e. The average Bonchev–Trinajstić information content (AvgIpc) is 2.82. The summed E-state index contributed by atoms with van der Waals surface area (Å²) in [5.74, 6) is 0.0206. The summed E-state index contributed by atoms with van der Waals surface area (Å²) in [4.78, 5) is 17.1. The fourth-order valence-corrected chi connectivity index (χ4v) is 5.39. The zero-order valence-electron chi connectivity index (χ0n) is 20.6. The lowest BCUT2D eigenvalue weighted by Gasteiger charge is -2.49. The first-order chi connectivity index (χ1) is 16.2. The number of likely N-dealkylation sites (tertiary alicyclic amines) is 1. The fraction of sp³-hybridized carbons (Fsp3) is 0.500. The number of morpholine rings is 1. The predicted octanol–water partition coefficient (Wildman–Crippen LogP) is 4.09. The average molecular weight is 522 g/mol. The zero-order chi connectivity index (χ0) is 24.3. The molecule has 9 heteroatoms. The van der Waals surface area contributed by atoms with Gasteiger partial charge in [0.2, 0.25) is 10.0 Å². The summed E-state index contributed by atoms with van der Waals surface area (Å²) in [6.07, 6.45) is 2.15. The van der Waals surface area contributed by atoms with E-state index in [4.69, 9.17) is 4.74 Å². The molecule has 1 atom stereocenters. The number of anilines is 2. The molecule has 7 nitrogen and oxygen atoms in total. The first-order valence-electron chi connectivity index (χ1n) is 12.0. The third-order valence-electron chi connectivity index (χ3n) is 6.85. The van der Waals surface area contributed by atoms with E-state index in [9.17, 15) is 13.2 Å². The lowest BCUT2D eigenvalue weighted by molar-refractivity contribution is -0.161. The normalized spacial score (nSPS) is 20.6. The lowest BCUT2D eigenvalue weighted by atomic mass is 9.88. The van der Waals surface area contributed by atoms with Gasteiger partial charge in [0.05, 0.1) is 17.4 Å². The van der Waals surface area contributed by atoms with Crippen molar-refractivity contribution in [3.05, 3.63) is 60.2 Å². The zero-order valence-corrected chi connectivity index (χ0v) is 22.3. The molecule has 192 valence electrons. The number of amides is 1. The molecule has 2 saturated heterocycles. The summed E-state index contributed by atoms with van der Waals surface area (Å²) in [6, 6.07) is 17.5. The van der Waals surface area contributed by atoms with E-state index in [1.165, 1.54) is 0 Å². The van der Waals surface area contributed by atoms with E-state index in [-0.39, 0.29) is 23.9 Å². The first-order valence-corrected chi connectivity index (χ1v) is 13.6. The number of nitrogens with one attached hydrogen (secondary N) is 1. The van der Waals surface area contributed by atoms with Crippen molar-refractivity contribution in [3.8, 4) is 0 Å². The third kappa shape index (κ3) is 6.55. The highest BCUT2D eigenvalue weighted by Crippen LogP contribution is 2.35. The molecule has 35 heavy (non-hydrogen) atoms. The van der Waals surface area contributed by atoms with Crippen LogP contribution in [0.25, 0.3) is 0 Å². The Bertz CT molecular complexity index is 1100. The predicted molar refractivity (Wildman–Crippen MR) is 143 cm³/mol. The molecule has 0 aromatic heterocycles. The molecule has 4 rings (SSSR count). The van der Waals surface area contributed by atoms with Crippen molar-refractivity contribution in [1.29, 1.82) is 0 Å². The molecular formula is C26H36ClN3O4S. The molecule has 0 aliphatic carbocycles. The van der Waals surface area contributed by atoms with E-state index < -0.39 is 21.4 Å². The topological polar surface area (TPSA) is 79.0 Å². The Kier molecular flexibility index (Phi) is 8.86. The van der Waals surface area contributed by atoms with Gasteiger partial charge in [0.25, 0.3) is 5.91 Å². The molecule has 2 aromatic carbocycles. The first kappa shape index (κ1) is 27.5. The Labute approximate surface area is 215 Å². The maximum absolute atomic E-state index is 12.8. The summed E-state index contributed by atoms with van der Waals surface area (Å²) >= 11 is 0. The molecule has 1 N–H and O–H groups in total. The molecule has 2 heterocycles. The van der Waals surface area contributed by atoms with Gasteiger partial charge in [0, 0.05) is 31.0 Å². The quantitative estimate of drug-likeness (QED) is 0.593. The second-order valence-electron chi connectivity index (χ2n) is 9.69. The van der Waals surface area contributed by atoms with Crippen LogP contribution in [0.15, 0.2) is 54.6 Å². The van der Waals surface area contributed by atoms with Crippen LogP contribution in [-0.2, 0) is 26.0 Å². The largest absolute Gasteiger partial charge is 0.360 e. The minimum absolute atomic E-state index is 0. The van der Waals surface area contributed by atoms with Crippen molar-refractivity contribution >= 4 is 39.7 Å². The Balaban J connectivity index is 0.00000342. The molecule has 2 aliphatic rings. The number of sulfonamides is 1. The number of rotatable bonds is 7. The molecule has 0 bridgehead atoms. The number of hydrogen-bond acceptors (Lipinski definition) is 5. The third-order valence-corrected chi connectivity index (χ3v) is 8.61. The van der Waals surface area contributed by atoms with Crippen LogP contribution in [0.4, 0.5) is 11.4 Å². The number of ether oxygens (including phenoxy) is 1. The van der Waals surface area contributed by atoms with Gasteiger partial charge < -0.3 is 14.5 Å². The summed E-state index contributed by atoms with van der Waals surface area (Å²) in [6.45, 7) is 8.49. The molecule has 0 saturated carbocycles. The fourth-order valence-electron chi connectivity index (χ4n) is 4.69. The second kappa shape index (κ2) is 11.3. The van der Waals surface area contributed by atoms with Crippen LogP contribution < -0.4 is 9.62 Å². The van der Waals surface area contributed by atoms with E-state index in [0.717, 1.165) is 50.1 Å². The highest BCUT2D eigenvalue weighted by Gasteiger charge is 2.45. The maximum Gasteiger partial charge on any atom is 0.255 e. The van der Waals surface area contributed by atoms with Crippen LogP contribution in [0.5, 0.6) is 0 Å². The van der Waals surface area contributed by atoms with Crippen molar-refractivity contribution in [2.75, 3.05) is 35.8 Å². The van der Waals surface area contributed by atoms with E-state index in [0.29, 0.717) is 12.2 Å².